The number of unbranched alkanes of at least 4 members (excludes halogenated alkanes) is 3. The van der Waals surface area contributed by atoms with Crippen LogP contribution in [0.15, 0.2) is 24.3 Å². The van der Waals surface area contributed by atoms with Crippen molar-refractivity contribution in [2.45, 2.75) is 32.6 Å². The molecule has 0 spiro atoms. The fraction of sp³-hybridized carbons (Fsp3) is 0.500. The number of alkyl halides is 1. The fourth-order valence-corrected chi connectivity index (χ4v) is 1.90. The number of carbonyl (C=O) groups is 2. The van der Waals surface area contributed by atoms with Crippen LogP contribution in [0.3, 0.4) is 0 Å². The number of carbonyl (C=O) groups excluding carboxylic acids is 2. The summed E-state index contributed by atoms with van der Waals surface area (Å²) in [4.78, 5) is 23.9. The quantitative estimate of drug-likeness (QED) is 0.395. The van der Waals surface area contributed by atoms with E-state index < -0.39 is 11.9 Å². The van der Waals surface area contributed by atoms with E-state index in [9.17, 15) is 9.59 Å². The molecule has 0 radical (unpaired) electrons. The highest BCUT2D eigenvalue weighted by atomic mass is 35.5. The van der Waals surface area contributed by atoms with E-state index in [-0.39, 0.29) is 23.6 Å². The van der Waals surface area contributed by atoms with E-state index in [1.807, 2.05) is 0 Å². The van der Waals surface area contributed by atoms with Crippen molar-refractivity contribution < 1.29 is 19.1 Å². The number of hydrogen-bond acceptors (Lipinski definition) is 4. The molecule has 0 bridgehead atoms. The molecule has 1 rings (SSSR count). The van der Waals surface area contributed by atoms with Crippen molar-refractivity contribution in [3.63, 3.8) is 0 Å². The molecule has 0 amide bonds. The predicted molar refractivity (Wildman–Crippen MR) is 81.9 cm³/mol. The van der Waals surface area contributed by atoms with Crippen molar-refractivity contribution in [1.29, 1.82) is 0 Å². The third-order valence-electron chi connectivity index (χ3n) is 2.91. The molecule has 0 heterocycles. The smallest absolute Gasteiger partial charge is 0.339 e. The number of halogens is 1. The summed E-state index contributed by atoms with van der Waals surface area (Å²) in [5, 5.41) is 0. The first-order valence-electron chi connectivity index (χ1n) is 7.20. The van der Waals surface area contributed by atoms with E-state index in [2.05, 4.69) is 6.92 Å². The minimum Gasteiger partial charge on any atom is -0.462 e. The van der Waals surface area contributed by atoms with Crippen molar-refractivity contribution in [3.05, 3.63) is 35.4 Å². The molecule has 0 aromatic heterocycles. The van der Waals surface area contributed by atoms with Gasteiger partial charge in [-0.25, -0.2) is 9.59 Å². The Morgan fingerprint density at radius 3 is 2.05 bits per heavy atom. The van der Waals surface area contributed by atoms with Gasteiger partial charge < -0.3 is 9.47 Å². The third-order valence-corrected chi connectivity index (χ3v) is 3.06. The van der Waals surface area contributed by atoms with Crippen LogP contribution in [0.5, 0.6) is 0 Å². The van der Waals surface area contributed by atoms with Crippen LogP contribution in [0.25, 0.3) is 0 Å². The average Bonchev–Trinajstić information content (AvgIpc) is 2.52. The van der Waals surface area contributed by atoms with Gasteiger partial charge >= 0.3 is 11.9 Å². The molecule has 4 nitrogen and oxygen atoms in total. The Morgan fingerprint density at radius 1 is 0.952 bits per heavy atom. The van der Waals surface area contributed by atoms with Gasteiger partial charge in [-0.1, -0.05) is 38.3 Å². The second-order valence-corrected chi connectivity index (χ2v) is 4.95. The maximum absolute atomic E-state index is 12.0. The molecular weight excluding hydrogens is 292 g/mol. The summed E-state index contributed by atoms with van der Waals surface area (Å²) in [6.07, 6.45) is 4.11. The Morgan fingerprint density at radius 2 is 1.52 bits per heavy atom. The Kier molecular flexibility index (Phi) is 8.51. The van der Waals surface area contributed by atoms with Gasteiger partial charge in [-0.05, 0) is 18.6 Å². The molecule has 1 aromatic rings. The number of benzene rings is 1. The highest BCUT2D eigenvalue weighted by molar-refractivity contribution is 6.18. The van der Waals surface area contributed by atoms with Crippen LogP contribution in [0.4, 0.5) is 0 Å². The lowest BCUT2D eigenvalue weighted by atomic mass is 10.1. The zero-order valence-electron chi connectivity index (χ0n) is 12.3. The van der Waals surface area contributed by atoms with Gasteiger partial charge in [-0.2, -0.15) is 0 Å². The lowest BCUT2D eigenvalue weighted by Gasteiger charge is -2.09. The molecule has 0 fully saturated rings. The lowest BCUT2D eigenvalue weighted by Crippen LogP contribution is -2.15. The van der Waals surface area contributed by atoms with E-state index in [0.717, 1.165) is 25.7 Å². The number of ether oxygens (including phenoxy) is 2. The zero-order chi connectivity index (χ0) is 15.5. The summed E-state index contributed by atoms with van der Waals surface area (Å²) < 4.78 is 10.1. The van der Waals surface area contributed by atoms with E-state index in [1.54, 1.807) is 24.3 Å². The highest BCUT2D eigenvalue weighted by Crippen LogP contribution is 2.12. The molecule has 0 aliphatic rings. The van der Waals surface area contributed by atoms with Gasteiger partial charge in [0.15, 0.2) is 0 Å². The molecule has 1 aromatic carbocycles. The predicted octanol–water partition coefficient (Wildman–Crippen LogP) is 3.82. The zero-order valence-corrected chi connectivity index (χ0v) is 13.0. The van der Waals surface area contributed by atoms with E-state index in [4.69, 9.17) is 21.1 Å². The van der Waals surface area contributed by atoms with Crippen molar-refractivity contribution in [2.24, 2.45) is 0 Å². The van der Waals surface area contributed by atoms with E-state index >= 15 is 0 Å². The van der Waals surface area contributed by atoms with Gasteiger partial charge in [0.25, 0.3) is 0 Å². The molecule has 0 unspecified atom stereocenters. The first-order chi connectivity index (χ1) is 10.2. The van der Waals surface area contributed by atoms with Crippen LogP contribution in [0, 0.1) is 0 Å². The maximum Gasteiger partial charge on any atom is 0.339 e. The van der Waals surface area contributed by atoms with Crippen molar-refractivity contribution in [1.82, 2.24) is 0 Å². The number of hydrogen-bond donors (Lipinski definition) is 0. The summed E-state index contributed by atoms with van der Waals surface area (Å²) in [5.41, 5.74) is 0.439. The second-order valence-electron chi connectivity index (χ2n) is 4.57. The summed E-state index contributed by atoms with van der Waals surface area (Å²) in [6, 6.07) is 6.47. The van der Waals surface area contributed by atoms with Crippen LogP contribution in [0.1, 0.15) is 53.3 Å². The maximum atomic E-state index is 12.0. The van der Waals surface area contributed by atoms with Crippen molar-refractivity contribution in [2.75, 3.05) is 19.1 Å². The Balaban J connectivity index is 2.60. The standard InChI is InChI=1S/C16H21ClO4/c1-2-3-4-7-11-20-15(18)13-8-5-6-9-14(13)16(19)21-12-10-17/h5-6,8-9H,2-4,7,10-12H2,1H3. The molecule has 0 saturated carbocycles. The summed E-state index contributed by atoms with van der Waals surface area (Å²) in [6.45, 7) is 2.60. The molecule has 0 saturated heterocycles. The number of rotatable bonds is 9. The van der Waals surface area contributed by atoms with Crippen molar-refractivity contribution >= 4 is 23.5 Å². The minimum absolute atomic E-state index is 0.112. The lowest BCUT2D eigenvalue weighted by molar-refractivity contribution is 0.0463. The Bertz CT molecular complexity index is 459. The molecule has 0 aliphatic heterocycles. The van der Waals surface area contributed by atoms with Crippen molar-refractivity contribution in [3.8, 4) is 0 Å². The monoisotopic (exact) mass is 312 g/mol. The van der Waals surface area contributed by atoms with Gasteiger partial charge in [0.1, 0.15) is 6.61 Å². The first-order valence-corrected chi connectivity index (χ1v) is 7.73. The minimum atomic E-state index is -0.561. The van der Waals surface area contributed by atoms with E-state index in [1.165, 1.54) is 0 Å². The largest absolute Gasteiger partial charge is 0.462 e. The molecule has 0 aliphatic carbocycles. The van der Waals surface area contributed by atoms with Gasteiger partial charge in [0.2, 0.25) is 0 Å². The fourth-order valence-electron chi connectivity index (χ4n) is 1.82. The van der Waals surface area contributed by atoms with Crippen LogP contribution in [0.2, 0.25) is 0 Å². The summed E-state index contributed by atoms with van der Waals surface area (Å²) in [7, 11) is 0. The normalized spacial score (nSPS) is 10.2. The highest BCUT2D eigenvalue weighted by Gasteiger charge is 2.18. The SMILES string of the molecule is CCCCCCOC(=O)c1ccccc1C(=O)OCCCl. The van der Waals surface area contributed by atoms with Gasteiger partial charge in [0, 0.05) is 0 Å². The topological polar surface area (TPSA) is 52.6 Å². The second kappa shape index (κ2) is 10.2. The molecule has 21 heavy (non-hydrogen) atoms. The van der Waals surface area contributed by atoms with Gasteiger partial charge in [0.05, 0.1) is 23.6 Å². The summed E-state index contributed by atoms with van der Waals surface area (Å²) in [5.74, 6) is -0.838. The Labute approximate surface area is 130 Å². The molecule has 5 heteroatoms. The van der Waals surface area contributed by atoms with Crippen LogP contribution in [-0.2, 0) is 9.47 Å². The number of esters is 2. The Hall–Kier alpha value is -1.55. The third kappa shape index (κ3) is 6.17. The van der Waals surface area contributed by atoms with Gasteiger partial charge in [-0.15, -0.1) is 11.6 Å². The first kappa shape index (κ1) is 17.5. The van der Waals surface area contributed by atoms with Gasteiger partial charge in [-0.3, -0.25) is 0 Å². The van der Waals surface area contributed by atoms with E-state index in [0.29, 0.717) is 6.61 Å². The average molecular weight is 313 g/mol. The summed E-state index contributed by atoms with van der Waals surface area (Å²) >= 11 is 5.48. The van der Waals surface area contributed by atoms with Crippen LogP contribution < -0.4 is 0 Å². The van der Waals surface area contributed by atoms with Crippen LogP contribution >= 0.6 is 11.6 Å². The van der Waals surface area contributed by atoms with Crippen LogP contribution in [-0.4, -0.2) is 31.0 Å². The molecular formula is C16H21ClO4. The molecule has 0 atom stereocenters. The molecule has 116 valence electrons. The molecule has 0 N–H and O–H groups in total.